The Labute approximate surface area is 85.7 Å². The van der Waals surface area contributed by atoms with Crippen LogP contribution in [0.15, 0.2) is 22.7 Å². The van der Waals surface area contributed by atoms with Crippen molar-refractivity contribution in [3.63, 3.8) is 0 Å². The molecule has 1 aromatic rings. The van der Waals surface area contributed by atoms with Gasteiger partial charge in [0.05, 0.1) is 5.56 Å². The van der Waals surface area contributed by atoms with Crippen molar-refractivity contribution in [3.05, 3.63) is 28.2 Å². The average Bonchev–Trinajstić information content (AvgIpc) is 2.04. The molecule has 0 heterocycles. The third-order valence-corrected chi connectivity index (χ3v) is 2.23. The molecule has 70 valence electrons. The van der Waals surface area contributed by atoms with Gasteiger partial charge >= 0.3 is 0 Å². The molecule has 0 bridgehead atoms. The van der Waals surface area contributed by atoms with Crippen LogP contribution in [0.2, 0.25) is 0 Å². The summed E-state index contributed by atoms with van der Waals surface area (Å²) in [5, 5.41) is 9.44. The zero-order valence-corrected chi connectivity index (χ0v) is 8.97. The van der Waals surface area contributed by atoms with E-state index in [9.17, 15) is 9.90 Å². The Bertz CT molecular complexity index is 321. The minimum absolute atomic E-state index is 0.00694. The second-order valence-corrected chi connectivity index (χ2v) is 3.75. The van der Waals surface area contributed by atoms with Crippen LogP contribution in [0, 0.1) is 0 Å². The van der Waals surface area contributed by atoms with Gasteiger partial charge in [0.1, 0.15) is 5.75 Å². The van der Waals surface area contributed by atoms with Crippen LogP contribution in [0.5, 0.6) is 5.75 Å². The maximum absolute atomic E-state index is 11.4. The van der Waals surface area contributed by atoms with Gasteiger partial charge in [0, 0.05) is 10.9 Å². The van der Waals surface area contributed by atoms with Crippen molar-refractivity contribution in [3.8, 4) is 5.75 Å². The third-order valence-electron chi connectivity index (χ3n) is 1.74. The predicted molar refractivity (Wildman–Crippen MR) is 55.0 cm³/mol. The maximum Gasteiger partial charge on any atom is 0.166 e. The minimum atomic E-state index is -0.00694. The van der Waals surface area contributed by atoms with Crippen molar-refractivity contribution in [2.24, 2.45) is 0 Å². The normalized spacial score (nSPS) is 10.0. The average molecular weight is 243 g/mol. The molecule has 0 saturated carbocycles. The fourth-order valence-corrected chi connectivity index (χ4v) is 1.45. The van der Waals surface area contributed by atoms with E-state index < -0.39 is 0 Å². The number of Topliss-reactive ketones (excluding diaryl/α,β-unsaturated/α-hetero) is 1. The molecule has 3 heteroatoms. The van der Waals surface area contributed by atoms with Crippen molar-refractivity contribution in [2.45, 2.75) is 19.8 Å². The fourth-order valence-electron chi connectivity index (χ4n) is 1.10. The van der Waals surface area contributed by atoms with Crippen molar-refractivity contribution in [1.29, 1.82) is 0 Å². The Balaban J connectivity index is 2.95. The SMILES string of the molecule is CCCC(=O)c1ccc(Br)cc1O. The fraction of sp³-hybridized carbons (Fsp3) is 0.300. The highest BCUT2D eigenvalue weighted by molar-refractivity contribution is 9.10. The summed E-state index contributed by atoms with van der Waals surface area (Å²) >= 11 is 3.21. The Morgan fingerprint density at radius 2 is 2.23 bits per heavy atom. The first kappa shape index (κ1) is 10.3. The van der Waals surface area contributed by atoms with Crippen LogP contribution in [0.3, 0.4) is 0 Å². The molecule has 0 aliphatic rings. The molecule has 0 aliphatic heterocycles. The van der Waals surface area contributed by atoms with E-state index in [2.05, 4.69) is 15.9 Å². The molecule has 1 N–H and O–H groups in total. The van der Waals surface area contributed by atoms with Crippen molar-refractivity contribution >= 4 is 21.7 Å². The van der Waals surface area contributed by atoms with Gasteiger partial charge in [0.15, 0.2) is 5.78 Å². The minimum Gasteiger partial charge on any atom is -0.507 e. The van der Waals surface area contributed by atoms with Crippen LogP contribution < -0.4 is 0 Å². The highest BCUT2D eigenvalue weighted by Gasteiger charge is 2.09. The Hall–Kier alpha value is -0.830. The van der Waals surface area contributed by atoms with Crippen molar-refractivity contribution < 1.29 is 9.90 Å². The molecule has 13 heavy (non-hydrogen) atoms. The topological polar surface area (TPSA) is 37.3 Å². The van der Waals surface area contributed by atoms with Crippen LogP contribution in [0.4, 0.5) is 0 Å². The number of hydrogen-bond acceptors (Lipinski definition) is 2. The standard InChI is InChI=1S/C10H11BrO2/c1-2-3-9(12)8-5-4-7(11)6-10(8)13/h4-6,13H,2-3H2,1H3. The lowest BCUT2D eigenvalue weighted by molar-refractivity contribution is 0.0979. The molecule has 0 radical (unpaired) electrons. The number of benzene rings is 1. The molecule has 0 unspecified atom stereocenters. The van der Waals surface area contributed by atoms with Crippen molar-refractivity contribution in [1.82, 2.24) is 0 Å². The zero-order valence-electron chi connectivity index (χ0n) is 7.38. The van der Waals surface area contributed by atoms with Gasteiger partial charge in [-0.25, -0.2) is 0 Å². The van der Waals surface area contributed by atoms with E-state index in [1.165, 1.54) is 6.07 Å². The van der Waals surface area contributed by atoms with E-state index in [0.717, 1.165) is 10.9 Å². The highest BCUT2D eigenvalue weighted by Crippen LogP contribution is 2.23. The largest absolute Gasteiger partial charge is 0.507 e. The third kappa shape index (κ3) is 2.56. The monoisotopic (exact) mass is 242 g/mol. The first-order valence-corrected chi connectivity index (χ1v) is 4.96. The molecule has 1 aromatic carbocycles. The molecule has 0 fully saturated rings. The van der Waals surface area contributed by atoms with Crippen LogP contribution >= 0.6 is 15.9 Å². The number of phenolic OH excluding ortho intramolecular Hbond substituents is 1. The first-order valence-electron chi connectivity index (χ1n) is 4.17. The van der Waals surface area contributed by atoms with E-state index in [4.69, 9.17) is 0 Å². The number of ketones is 1. The summed E-state index contributed by atoms with van der Waals surface area (Å²) in [6, 6.07) is 4.92. The Morgan fingerprint density at radius 1 is 1.54 bits per heavy atom. The summed E-state index contributed by atoms with van der Waals surface area (Å²) < 4.78 is 0.776. The van der Waals surface area contributed by atoms with E-state index in [1.54, 1.807) is 12.1 Å². The van der Waals surface area contributed by atoms with Gasteiger partial charge in [-0.1, -0.05) is 22.9 Å². The molecule has 0 aromatic heterocycles. The molecular formula is C10H11BrO2. The van der Waals surface area contributed by atoms with Crippen molar-refractivity contribution in [2.75, 3.05) is 0 Å². The summed E-state index contributed by atoms with van der Waals surface area (Å²) in [4.78, 5) is 11.4. The van der Waals surface area contributed by atoms with E-state index >= 15 is 0 Å². The van der Waals surface area contributed by atoms with Gasteiger partial charge in [-0.05, 0) is 24.6 Å². The smallest absolute Gasteiger partial charge is 0.166 e. The summed E-state index contributed by atoms with van der Waals surface area (Å²) in [6.45, 7) is 1.94. The molecule has 0 atom stereocenters. The van der Waals surface area contributed by atoms with Gasteiger partial charge in [-0.15, -0.1) is 0 Å². The first-order chi connectivity index (χ1) is 6.15. The predicted octanol–water partition coefficient (Wildman–Crippen LogP) is 3.14. The Morgan fingerprint density at radius 3 is 2.77 bits per heavy atom. The number of hydrogen-bond donors (Lipinski definition) is 1. The molecule has 2 nitrogen and oxygen atoms in total. The van der Waals surface area contributed by atoms with Gasteiger partial charge < -0.3 is 5.11 Å². The lowest BCUT2D eigenvalue weighted by atomic mass is 10.1. The highest BCUT2D eigenvalue weighted by atomic mass is 79.9. The van der Waals surface area contributed by atoms with Crippen LogP contribution in [0.25, 0.3) is 0 Å². The zero-order chi connectivity index (χ0) is 9.84. The van der Waals surface area contributed by atoms with E-state index in [-0.39, 0.29) is 11.5 Å². The summed E-state index contributed by atoms with van der Waals surface area (Å²) in [5.41, 5.74) is 0.407. The van der Waals surface area contributed by atoms with Crippen LogP contribution in [0.1, 0.15) is 30.1 Å². The second kappa shape index (κ2) is 4.42. The van der Waals surface area contributed by atoms with Gasteiger partial charge in [0.25, 0.3) is 0 Å². The summed E-state index contributed by atoms with van der Waals surface area (Å²) in [7, 11) is 0. The number of phenols is 1. The molecule has 0 saturated heterocycles. The van der Waals surface area contributed by atoms with Gasteiger partial charge in [-0.2, -0.15) is 0 Å². The molecular weight excluding hydrogens is 232 g/mol. The molecule has 1 rings (SSSR count). The summed E-state index contributed by atoms with van der Waals surface area (Å²) in [6.07, 6.45) is 1.28. The molecule has 0 aliphatic carbocycles. The van der Waals surface area contributed by atoms with E-state index in [0.29, 0.717) is 12.0 Å². The quantitative estimate of drug-likeness (QED) is 0.828. The number of aromatic hydroxyl groups is 1. The number of carbonyl (C=O) groups excluding carboxylic acids is 1. The molecule has 0 amide bonds. The number of halogens is 1. The lowest BCUT2D eigenvalue weighted by Crippen LogP contribution is -1.98. The molecule has 0 spiro atoms. The summed E-state index contributed by atoms with van der Waals surface area (Å²) in [5.74, 6) is 0.0420. The maximum atomic E-state index is 11.4. The Kier molecular flexibility index (Phi) is 3.48. The number of rotatable bonds is 3. The van der Waals surface area contributed by atoms with Gasteiger partial charge in [0.2, 0.25) is 0 Å². The van der Waals surface area contributed by atoms with Gasteiger partial charge in [-0.3, -0.25) is 4.79 Å². The van der Waals surface area contributed by atoms with Crippen LogP contribution in [-0.4, -0.2) is 10.9 Å². The number of carbonyl (C=O) groups is 1. The van der Waals surface area contributed by atoms with Crippen LogP contribution in [-0.2, 0) is 0 Å². The lowest BCUT2D eigenvalue weighted by Gasteiger charge is -2.02. The second-order valence-electron chi connectivity index (χ2n) is 2.83. The van der Waals surface area contributed by atoms with E-state index in [1.807, 2.05) is 6.92 Å².